The SMILES string of the molecule is COc1coc(C2C(c3ccccc3)C(c3cc(=O)c(OC)co3)C2c2ccccc2)cc1=O. The van der Waals surface area contributed by atoms with Gasteiger partial charge in [-0.2, -0.15) is 0 Å². The molecule has 0 atom stereocenters. The third kappa shape index (κ3) is 3.71. The van der Waals surface area contributed by atoms with Crippen LogP contribution in [0.4, 0.5) is 0 Å². The molecular formula is C28H24O6. The Labute approximate surface area is 196 Å². The van der Waals surface area contributed by atoms with Crippen molar-refractivity contribution < 1.29 is 18.3 Å². The lowest BCUT2D eigenvalue weighted by molar-refractivity contribution is 0.171. The van der Waals surface area contributed by atoms with E-state index in [4.69, 9.17) is 18.3 Å². The van der Waals surface area contributed by atoms with Crippen LogP contribution in [0.3, 0.4) is 0 Å². The Bertz CT molecular complexity index is 1270. The molecule has 172 valence electrons. The molecule has 4 aromatic rings. The summed E-state index contributed by atoms with van der Waals surface area (Å²) in [6, 6.07) is 23.1. The van der Waals surface area contributed by atoms with Gasteiger partial charge in [0.25, 0.3) is 0 Å². The molecule has 0 aliphatic heterocycles. The van der Waals surface area contributed by atoms with Gasteiger partial charge in [0.05, 0.1) is 14.2 Å². The first-order valence-electron chi connectivity index (χ1n) is 11.1. The topological polar surface area (TPSA) is 78.9 Å². The van der Waals surface area contributed by atoms with Gasteiger partial charge in [-0.1, -0.05) is 60.7 Å². The predicted molar refractivity (Wildman–Crippen MR) is 127 cm³/mol. The molecule has 0 saturated heterocycles. The Morgan fingerprint density at radius 3 is 1.29 bits per heavy atom. The second-order valence-electron chi connectivity index (χ2n) is 8.35. The van der Waals surface area contributed by atoms with Crippen molar-refractivity contribution in [3.05, 3.63) is 128 Å². The Kier molecular flexibility index (Phi) is 5.80. The molecule has 0 unspecified atom stereocenters. The molecule has 5 rings (SSSR count). The highest BCUT2D eigenvalue weighted by Gasteiger charge is 2.55. The van der Waals surface area contributed by atoms with E-state index in [0.717, 1.165) is 11.1 Å². The number of hydrogen-bond acceptors (Lipinski definition) is 6. The van der Waals surface area contributed by atoms with E-state index in [1.807, 2.05) is 36.4 Å². The summed E-state index contributed by atoms with van der Waals surface area (Å²) >= 11 is 0. The minimum absolute atomic E-state index is 0.0838. The van der Waals surface area contributed by atoms with Gasteiger partial charge in [0, 0.05) is 35.8 Å². The second-order valence-corrected chi connectivity index (χ2v) is 8.35. The molecule has 1 aliphatic carbocycles. The Morgan fingerprint density at radius 2 is 0.971 bits per heavy atom. The molecular weight excluding hydrogens is 432 g/mol. The highest BCUT2D eigenvalue weighted by molar-refractivity contribution is 5.45. The van der Waals surface area contributed by atoms with E-state index in [2.05, 4.69) is 24.3 Å². The normalized spacial score (nSPS) is 21.5. The lowest BCUT2D eigenvalue weighted by atomic mass is 9.51. The molecule has 6 nitrogen and oxygen atoms in total. The van der Waals surface area contributed by atoms with E-state index < -0.39 is 0 Å². The quantitative estimate of drug-likeness (QED) is 0.404. The third-order valence-electron chi connectivity index (χ3n) is 6.65. The molecule has 0 radical (unpaired) electrons. The van der Waals surface area contributed by atoms with Crippen LogP contribution in [-0.4, -0.2) is 14.2 Å². The van der Waals surface area contributed by atoms with Crippen molar-refractivity contribution in [2.45, 2.75) is 23.7 Å². The van der Waals surface area contributed by atoms with E-state index in [0.29, 0.717) is 11.5 Å². The molecule has 1 aliphatic rings. The molecule has 0 N–H and O–H groups in total. The Morgan fingerprint density at radius 1 is 0.588 bits per heavy atom. The van der Waals surface area contributed by atoms with Gasteiger partial charge in [-0.3, -0.25) is 9.59 Å². The fourth-order valence-electron chi connectivity index (χ4n) is 5.11. The van der Waals surface area contributed by atoms with E-state index in [9.17, 15) is 9.59 Å². The fraction of sp³-hybridized carbons (Fsp3) is 0.214. The Balaban J connectivity index is 1.69. The zero-order valence-corrected chi connectivity index (χ0v) is 18.8. The maximum absolute atomic E-state index is 12.6. The van der Waals surface area contributed by atoms with Crippen LogP contribution < -0.4 is 20.3 Å². The summed E-state index contributed by atoms with van der Waals surface area (Å²) in [5.41, 5.74) is 1.67. The maximum atomic E-state index is 12.6. The number of rotatable bonds is 6. The van der Waals surface area contributed by atoms with Crippen LogP contribution >= 0.6 is 0 Å². The smallest absolute Gasteiger partial charge is 0.226 e. The van der Waals surface area contributed by atoms with Crippen molar-refractivity contribution in [1.29, 1.82) is 0 Å². The number of methoxy groups -OCH3 is 2. The standard InChI is InChI=1S/C28H24O6/c1-31-23-15-33-21(13-19(23)29)27-25(17-9-5-3-6-10-17)28(26(27)18-11-7-4-8-12-18)22-14-20(30)24(32-2)16-34-22/h3-16,25-28H,1-2H3. The van der Waals surface area contributed by atoms with Crippen LogP contribution in [0, 0.1) is 0 Å². The lowest BCUT2D eigenvalue weighted by Crippen LogP contribution is -2.40. The van der Waals surface area contributed by atoms with Gasteiger partial charge in [0.1, 0.15) is 24.0 Å². The minimum atomic E-state index is -0.234. The summed E-state index contributed by atoms with van der Waals surface area (Å²) in [5.74, 6) is 0.989. The van der Waals surface area contributed by atoms with Crippen LogP contribution in [0.1, 0.15) is 46.3 Å². The van der Waals surface area contributed by atoms with Crippen molar-refractivity contribution in [3.8, 4) is 11.5 Å². The molecule has 2 aromatic carbocycles. The summed E-state index contributed by atoms with van der Waals surface area (Å²) in [4.78, 5) is 25.2. The van der Waals surface area contributed by atoms with Crippen molar-refractivity contribution in [1.82, 2.24) is 0 Å². The number of benzene rings is 2. The average molecular weight is 456 g/mol. The van der Waals surface area contributed by atoms with Crippen molar-refractivity contribution in [2.24, 2.45) is 0 Å². The van der Waals surface area contributed by atoms with Gasteiger partial charge in [-0.15, -0.1) is 0 Å². The van der Waals surface area contributed by atoms with E-state index >= 15 is 0 Å². The molecule has 1 saturated carbocycles. The van der Waals surface area contributed by atoms with Crippen LogP contribution in [0.2, 0.25) is 0 Å². The van der Waals surface area contributed by atoms with Crippen molar-refractivity contribution in [2.75, 3.05) is 14.2 Å². The number of ether oxygens (including phenoxy) is 2. The van der Waals surface area contributed by atoms with E-state index in [-0.39, 0.29) is 46.0 Å². The van der Waals surface area contributed by atoms with Gasteiger partial charge < -0.3 is 18.3 Å². The first-order chi connectivity index (χ1) is 16.6. The maximum Gasteiger partial charge on any atom is 0.226 e. The monoisotopic (exact) mass is 456 g/mol. The van der Waals surface area contributed by atoms with Crippen LogP contribution in [0.25, 0.3) is 0 Å². The molecule has 34 heavy (non-hydrogen) atoms. The van der Waals surface area contributed by atoms with Crippen LogP contribution in [0.5, 0.6) is 11.5 Å². The lowest BCUT2D eigenvalue weighted by Gasteiger charge is -2.51. The zero-order valence-electron chi connectivity index (χ0n) is 18.8. The summed E-state index contributed by atoms with van der Waals surface area (Å²) in [6.07, 6.45) is 2.73. The first-order valence-corrected chi connectivity index (χ1v) is 11.1. The summed E-state index contributed by atoms with van der Waals surface area (Å²) in [7, 11) is 2.88. The average Bonchev–Trinajstić information content (AvgIpc) is 2.85. The molecule has 0 bridgehead atoms. The second kappa shape index (κ2) is 9.06. The largest absolute Gasteiger partial charge is 0.490 e. The van der Waals surface area contributed by atoms with E-state index in [1.54, 1.807) is 0 Å². The molecule has 0 amide bonds. The highest BCUT2D eigenvalue weighted by atomic mass is 16.5. The van der Waals surface area contributed by atoms with E-state index in [1.165, 1.54) is 38.9 Å². The van der Waals surface area contributed by atoms with Crippen LogP contribution in [-0.2, 0) is 0 Å². The fourth-order valence-corrected chi connectivity index (χ4v) is 5.11. The highest BCUT2D eigenvalue weighted by Crippen LogP contribution is 2.66. The van der Waals surface area contributed by atoms with Crippen molar-refractivity contribution in [3.63, 3.8) is 0 Å². The summed E-state index contributed by atoms with van der Waals surface area (Å²) < 4.78 is 22.1. The first kappa shape index (κ1) is 21.8. The third-order valence-corrected chi connectivity index (χ3v) is 6.65. The predicted octanol–water partition coefficient (Wildman–Crippen LogP) is 5.06. The molecule has 6 heteroatoms. The van der Waals surface area contributed by atoms with Crippen LogP contribution in [0.15, 0.2) is 104 Å². The molecule has 2 heterocycles. The molecule has 0 spiro atoms. The number of hydrogen-bond donors (Lipinski definition) is 0. The molecule has 1 fully saturated rings. The summed E-state index contributed by atoms with van der Waals surface area (Å²) in [6.45, 7) is 0. The summed E-state index contributed by atoms with van der Waals surface area (Å²) in [5, 5.41) is 0. The zero-order chi connectivity index (χ0) is 23.7. The molecule has 2 aromatic heterocycles. The Hall–Kier alpha value is -4.06. The van der Waals surface area contributed by atoms with Gasteiger partial charge in [0.2, 0.25) is 22.4 Å². The van der Waals surface area contributed by atoms with Crippen molar-refractivity contribution >= 4 is 0 Å². The van der Waals surface area contributed by atoms with Gasteiger partial charge in [-0.05, 0) is 11.1 Å². The van der Waals surface area contributed by atoms with Gasteiger partial charge in [-0.25, -0.2) is 0 Å². The minimum Gasteiger partial charge on any atom is -0.490 e. The van der Waals surface area contributed by atoms with Gasteiger partial charge in [0.15, 0.2) is 0 Å². The van der Waals surface area contributed by atoms with Gasteiger partial charge >= 0.3 is 0 Å².